The second-order valence-corrected chi connectivity index (χ2v) is 8.89. The number of aromatic amines is 1. The lowest BCUT2D eigenvalue weighted by Gasteiger charge is -2.14. The summed E-state index contributed by atoms with van der Waals surface area (Å²) in [6.07, 6.45) is 9.08. The first kappa shape index (κ1) is 20.2. The fourth-order valence-electron chi connectivity index (χ4n) is 4.04. The number of benzene rings is 1. The van der Waals surface area contributed by atoms with Crippen molar-refractivity contribution in [3.05, 3.63) is 58.7 Å². The first-order chi connectivity index (χ1) is 15.6. The number of thiophene rings is 1. The van der Waals surface area contributed by atoms with Crippen LogP contribution in [0.2, 0.25) is 0 Å². The Balaban J connectivity index is 1.46. The van der Waals surface area contributed by atoms with Gasteiger partial charge in [-0.25, -0.2) is 9.99 Å². The van der Waals surface area contributed by atoms with Crippen molar-refractivity contribution in [2.24, 2.45) is 0 Å². The van der Waals surface area contributed by atoms with Crippen molar-refractivity contribution in [1.82, 2.24) is 20.4 Å². The molecule has 0 unspecified atom stereocenters. The van der Waals surface area contributed by atoms with Gasteiger partial charge in [-0.2, -0.15) is 5.26 Å². The lowest BCUT2D eigenvalue weighted by atomic mass is 10.1. The van der Waals surface area contributed by atoms with E-state index in [-0.39, 0.29) is 5.91 Å². The molecular weight excluding hydrogens is 420 g/mol. The first-order valence-corrected chi connectivity index (χ1v) is 11.3. The van der Waals surface area contributed by atoms with Gasteiger partial charge in [0.1, 0.15) is 10.9 Å². The Morgan fingerprint density at radius 3 is 2.94 bits per heavy atom. The number of pyridine rings is 1. The Bertz CT molecular complexity index is 1390. The number of fused-ring (bicyclic) bond motifs is 2. The van der Waals surface area contributed by atoms with E-state index in [0.717, 1.165) is 68.9 Å². The molecule has 0 atom stereocenters. The molecule has 4 heterocycles. The van der Waals surface area contributed by atoms with Crippen molar-refractivity contribution in [2.45, 2.75) is 19.8 Å². The van der Waals surface area contributed by atoms with E-state index < -0.39 is 0 Å². The summed E-state index contributed by atoms with van der Waals surface area (Å²) in [6, 6.07) is 10.3. The number of carbonyl (C=O) groups excluding carboxylic acids is 1. The third kappa shape index (κ3) is 3.84. The zero-order valence-electron chi connectivity index (χ0n) is 17.6. The molecular formula is C24H22N6OS. The number of rotatable bonds is 5. The second kappa shape index (κ2) is 8.46. The smallest absolute Gasteiger partial charge is 0.258 e. The van der Waals surface area contributed by atoms with Crippen molar-refractivity contribution < 1.29 is 4.79 Å². The highest BCUT2D eigenvalue weighted by atomic mass is 32.1. The SMILES string of the molecule is Cc1c(Nc2c(C#N)cnc3sc(/C=C/C(=O)NN4CCCC4)cc23)ccc2[nH]ccc12. The van der Waals surface area contributed by atoms with Gasteiger partial charge < -0.3 is 10.3 Å². The van der Waals surface area contributed by atoms with Gasteiger partial charge in [0.15, 0.2) is 0 Å². The van der Waals surface area contributed by atoms with E-state index >= 15 is 0 Å². The van der Waals surface area contributed by atoms with Crippen LogP contribution < -0.4 is 10.7 Å². The maximum atomic E-state index is 12.2. The number of hydrogen-bond acceptors (Lipinski definition) is 6. The van der Waals surface area contributed by atoms with Crippen LogP contribution in [0.15, 0.2) is 42.7 Å². The Kier molecular flexibility index (Phi) is 5.35. The monoisotopic (exact) mass is 442 g/mol. The minimum atomic E-state index is -0.135. The highest BCUT2D eigenvalue weighted by molar-refractivity contribution is 7.19. The Morgan fingerprint density at radius 2 is 2.12 bits per heavy atom. The molecule has 32 heavy (non-hydrogen) atoms. The van der Waals surface area contributed by atoms with Crippen LogP contribution in [-0.2, 0) is 4.79 Å². The van der Waals surface area contributed by atoms with Crippen LogP contribution >= 0.6 is 11.3 Å². The minimum absolute atomic E-state index is 0.135. The number of anilines is 2. The van der Waals surface area contributed by atoms with Crippen molar-refractivity contribution in [3.63, 3.8) is 0 Å². The molecule has 3 aromatic heterocycles. The molecule has 8 heteroatoms. The molecule has 1 aromatic carbocycles. The number of nitrogens with one attached hydrogen (secondary N) is 3. The van der Waals surface area contributed by atoms with Gasteiger partial charge in [0.05, 0.1) is 11.3 Å². The average molecular weight is 443 g/mol. The molecule has 1 amide bonds. The van der Waals surface area contributed by atoms with Gasteiger partial charge in [0.2, 0.25) is 0 Å². The van der Waals surface area contributed by atoms with Gasteiger partial charge in [0.25, 0.3) is 5.91 Å². The van der Waals surface area contributed by atoms with E-state index in [1.807, 2.05) is 35.5 Å². The number of aromatic nitrogens is 2. The number of nitriles is 1. The number of amides is 1. The highest BCUT2D eigenvalue weighted by Gasteiger charge is 2.15. The molecule has 5 rings (SSSR count). The molecule has 1 aliphatic heterocycles. The Labute approximate surface area is 189 Å². The van der Waals surface area contributed by atoms with E-state index in [4.69, 9.17) is 0 Å². The maximum Gasteiger partial charge on any atom is 0.258 e. The van der Waals surface area contributed by atoms with Gasteiger partial charge in [-0.05, 0) is 55.7 Å². The maximum absolute atomic E-state index is 12.2. The van der Waals surface area contributed by atoms with Crippen molar-refractivity contribution in [3.8, 4) is 6.07 Å². The van der Waals surface area contributed by atoms with Crippen LogP contribution in [0.4, 0.5) is 11.4 Å². The summed E-state index contributed by atoms with van der Waals surface area (Å²) in [4.78, 5) is 21.6. The molecule has 0 aliphatic carbocycles. The van der Waals surface area contributed by atoms with Crippen LogP contribution in [0.25, 0.3) is 27.2 Å². The lowest BCUT2D eigenvalue weighted by Crippen LogP contribution is -2.38. The normalized spacial score (nSPS) is 14.4. The fraction of sp³-hybridized carbons (Fsp3) is 0.208. The molecule has 1 saturated heterocycles. The van der Waals surface area contributed by atoms with Crippen molar-refractivity contribution in [2.75, 3.05) is 18.4 Å². The second-order valence-electron chi connectivity index (χ2n) is 7.83. The molecule has 4 aromatic rings. The highest BCUT2D eigenvalue weighted by Crippen LogP contribution is 2.36. The zero-order chi connectivity index (χ0) is 22.1. The van der Waals surface area contributed by atoms with Gasteiger partial charge in [-0.15, -0.1) is 11.3 Å². The van der Waals surface area contributed by atoms with Crippen LogP contribution in [0.5, 0.6) is 0 Å². The summed E-state index contributed by atoms with van der Waals surface area (Å²) < 4.78 is 0. The van der Waals surface area contributed by atoms with Crippen LogP contribution in [0, 0.1) is 18.3 Å². The third-order valence-electron chi connectivity index (χ3n) is 5.74. The number of hydrazine groups is 1. The predicted octanol–water partition coefficient (Wildman–Crippen LogP) is 4.84. The number of hydrogen-bond donors (Lipinski definition) is 3. The number of H-pyrrole nitrogens is 1. The zero-order valence-corrected chi connectivity index (χ0v) is 18.4. The minimum Gasteiger partial charge on any atom is -0.361 e. The molecule has 1 fully saturated rings. The van der Waals surface area contributed by atoms with Crippen LogP contribution in [0.1, 0.15) is 28.8 Å². The lowest BCUT2D eigenvalue weighted by molar-refractivity contribution is -0.120. The summed E-state index contributed by atoms with van der Waals surface area (Å²) in [6.45, 7) is 3.85. The molecule has 160 valence electrons. The summed E-state index contributed by atoms with van der Waals surface area (Å²) in [7, 11) is 0. The Hall–Kier alpha value is -3.67. The van der Waals surface area contributed by atoms with Gasteiger partial charge >= 0.3 is 0 Å². The van der Waals surface area contributed by atoms with Crippen LogP contribution in [0.3, 0.4) is 0 Å². The van der Waals surface area contributed by atoms with Gasteiger partial charge in [-0.3, -0.25) is 10.2 Å². The number of carbonyl (C=O) groups is 1. The van der Waals surface area contributed by atoms with Gasteiger partial charge in [-0.1, -0.05) is 0 Å². The standard InChI is InChI=1S/C24H22N6OS/c1-15-18-8-9-26-21(18)6-5-20(15)28-23-16(13-25)14-27-24-19(23)12-17(32-24)4-7-22(31)29-30-10-2-3-11-30/h4-9,12,14,26H,2-3,10-11H2,1H3,(H,27,28)(H,29,31)/b7-4+. The van der Waals surface area contributed by atoms with E-state index in [2.05, 4.69) is 33.7 Å². The predicted molar refractivity (Wildman–Crippen MR) is 129 cm³/mol. The quantitative estimate of drug-likeness (QED) is 0.384. The topological polar surface area (TPSA) is 96.8 Å². The fourth-order valence-corrected chi connectivity index (χ4v) is 4.96. The van der Waals surface area contributed by atoms with Crippen LogP contribution in [-0.4, -0.2) is 34.0 Å². The van der Waals surface area contributed by atoms with E-state index in [1.54, 1.807) is 18.3 Å². The summed E-state index contributed by atoms with van der Waals surface area (Å²) in [5.41, 5.74) is 7.23. The van der Waals surface area contributed by atoms with Gasteiger partial charge in [0, 0.05) is 58.4 Å². The molecule has 0 saturated carbocycles. The summed E-state index contributed by atoms with van der Waals surface area (Å²) >= 11 is 1.49. The van der Waals surface area contributed by atoms with E-state index in [1.165, 1.54) is 11.3 Å². The number of nitrogens with zero attached hydrogens (tertiary/aromatic N) is 3. The molecule has 7 nitrogen and oxygen atoms in total. The molecule has 0 bridgehead atoms. The number of aryl methyl sites for hydroxylation is 1. The molecule has 0 spiro atoms. The summed E-state index contributed by atoms with van der Waals surface area (Å²) in [5, 5.41) is 17.1. The van der Waals surface area contributed by atoms with Crippen molar-refractivity contribution >= 4 is 55.8 Å². The van der Waals surface area contributed by atoms with E-state index in [9.17, 15) is 10.1 Å². The largest absolute Gasteiger partial charge is 0.361 e. The van der Waals surface area contributed by atoms with Crippen molar-refractivity contribution in [1.29, 1.82) is 5.26 Å². The first-order valence-electron chi connectivity index (χ1n) is 10.5. The Morgan fingerprint density at radius 1 is 1.28 bits per heavy atom. The third-order valence-corrected chi connectivity index (χ3v) is 6.75. The molecule has 3 N–H and O–H groups in total. The molecule has 0 radical (unpaired) electrons. The van der Waals surface area contributed by atoms with E-state index in [0.29, 0.717) is 5.56 Å². The molecule has 1 aliphatic rings. The average Bonchev–Trinajstić information content (AvgIpc) is 3.55. The summed E-state index contributed by atoms with van der Waals surface area (Å²) in [5.74, 6) is -0.135.